The van der Waals surface area contributed by atoms with E-state index in [9.17, 15) is 18.0 Å². The summed E-state index contributed by atoms with van der Waals surface area (Å²) in [6.45, 7) is 2.51. The Hall–Kier alpha value is -2.36. The molecule has 0 radical (unpaired) electrons. The summed E-state index contributed by atoms with van der Waals surface area (Å²) in [5.74, 6) is 0.108. The number of hydrogen-bond acceptors (Lipinski definition) is 6. The molecule has 2 aliphatic rings. The van der Waals surface area contributed by atoms with Crippen molar-refractivity contribution < 1.29 is 22.7 Å². The third-order valence-electron chi connectivity index (χ3n) is 4.98. The molecule has 1 aromatic heterocycles. The van der Waals surface area contributed by atoms with Gasteiger partial charge in [0, 0.05) is 46.0 Å². The first-order chi connectivity index (χ1) is 13.3. The molecule has 1 N–H and O–H groups in total. The average molecular weight is 410 g/mol. The molecular weight excluding hydrogens is 384 g/mol. The number of sulfonamides is 1. The minimum absolute atomic E-state index is 0.0150. The predicted molar refractivity (Wildman–Crippen MR) is 103 cm³/mol. The van der Waals surface area contributed by atoms with E-state index in [1.54, 1.807) is 24.1 Å². The molecule has 1 aromatic rings. The quantitative estimate of drug-likeness (QED) is 0.702. The lowest BCUT2D eigenvalue weighted by atomic mass is 10.1. The summed E-state index contributed by atoms with van der Waals surface area (Å²) in [7, 11) is -1.75. The molecule has 3 rings (SSSR count). The third-order valence-corrected chi connectivity index (χ3v) is 7.27. The Morgan fingerprint density at radius 1 is 1.25 bits per heavy atom. The number of pyridine rings is 1. The van der Waals surface area contributed by atoms with Crippen molar-refractivity contribution in [1.29, 1.82) is 0 Å². The monoisotopic (exact) mass is 410 g/mol. The van der Waals surface area contributed by atoms with Crippen LogP contribution in [0.25, 0.3) is 0 Å². The van der Waals surface area contributed by atoms with Gasteiger partial charge < -0.3 is 15.0 Å². The summed E-state index contributed by atoms with van der Waals surface area (Å²) in [5.41, 5.74) is 0.512. The standard InChI is InChI=1S/C18H26N4O5S/c1-13(23)19-12-18(24)22-9-7-15(8-10-22)27-17-6-3-14(11-20-17)21(2)28(25,26)16-4-5-16/h3,6,11,15-16H,4-5,7-10,12H2,1-2H3,(H,19,23). The Bertz CT molecular complexity index is 815. The van der Waals surface area contributed by atoms with Gasteiger partial charge >= 0.3 is 0 Å². The molecule has 10 heteroatoms. The fourth-order valence-electron chi connectivity index (χ4n) is 3.07. The van der Waals surface area contributed by atoms with Crippen LogP contribution in [0.1, 0.15) is 32.6 Å². The van der Waals surface area contributed by atoms with E-state index >= 15 is 0 Å². The van der Waals surface area contributed by atoms with Crippen LogP contribution in [0.15, 0.2) is 18.3 Å². The lowest BCUT2D eigenvalue weighted by molar-refractivity contribution is -0.134. The number of likely N-dealkylation sites (tertiary alicyclic amines) is 1. The zero-order valence-corrected chi connectivity index (χ0v) is 16.9. The summed E-state index contributed by atoms with van der Waals surface area (Å²) in [5, 5.41) is 2.24. The van der Waals surface area contributed by atoms with Crippen LogP contribution in [0, 0.1) is 0 Å². The van der Waals surface area contributed by atoms with Crippen LogP contribution in [0.2, 0.25) is 0 Å². The van der Waals surface area contributed by atoms with Gasteiger partial charge in [0.25, 0.3) is 0 Å². The van der Waals surface area contributed by atoms with E-state index < -0.39 is 10.0 Å². The number of aromatic nitrogens is 1. The maximum Gasteiger partial charge on any atom is 0.241 e. The Balaban J connectivity index is 1.49. The van der Waals surface area contributed by atoms with Gasteiger partial charge in [-0.15, -0.1) is 0 Å². The molecule has 1 aliphatic heterocycles. The predicted octanol–water partition coefficient (Wildman–Crippen LogP) is 0.516. The summed E-state index contributed by atoms with van der Waals surface area (Å²) < 4.78 is 31.7. The number of hydrogen-bond donors (Lipinski definition) is 1. The highest BCUT2D eigenvalue weighted by Crippen LogP contribution is 2.32. The fraction of sp³-hybridized carbons (Fsp3) is 0.611. The number of ether oxygens (including phenoxy) is 1. The van der Waals surface area contributed by atoms with E-state index in [0.29, 0.717) is 50.3 Å². The molecular formula is C18H26N4O5S. The Kier molecular flexibility index (Phi) is 6.07. The molecule has 0 bridgehead atoms. The number of piperidine rings is 1. The van der Waals surface area contributed by atoms with E-state index in [1.807, 2.05) is 0 Å². The zero-order chi connectivity index (χ0) is 20.3. The number of nitrogens with one attached hydrogen (secondary N) is 1. The molecule has 0 aromatic carbocycles. The fourth-order valence-corrected chi connectivity index (χ4v) is 4.65. The van der Waals surface area contributed by atoms with Crippen molar-refractivity contribution in [2.45, 2.75) is 44.0 Å². The lowest BCUT2D eigenvalue weighted by Crippen LogP contribution is -2.45. The molecule has 0 unspecified atom stereocenters. The highest BCUT2D eigenvalue weighted by Gasteiger charge is 2.39. The second-order valence-corrected chi connectivity index (χ2v) is 9.42. The summed E-state index contributed by atoms with van der Waals surface area (Å²) >= 11 is 0. The molecule has 9 nitrogen and oxygen atoms in total. The number of nitrogens with zero attached hydrogens (tertiary/aromatic N) is 3. The Morgan fingerprint density at radius 3 is 2.46 bits per heavy atom. The van der Waals surface area contributed by atoms with Gasteiger partial charge in [-0.25, -0.2) is 13.4 Å². The van der Waals surface area contributed by atoms with Gasteiger partial charge in [-0.2, -0.15) is 0 Å². The normalized spacial score (nSPS) is 17.9. The topological polar surface area (TPSA) is 109 Å². The average Bonchev–Trinajstić information content (AvgIpc) is 3.52. The van der Waals surface area contributed by atoms with Gasteiger partial charge in [0.2, 0.25) is 27.7 Å². The molecule has 1 saturated heterocycles. The van der Waals surface area contributed by atoms with Crippen LogP contribution in [0.3, 0.4) is 0 Å². The number of amides is 2. The zero-order valence-electron chi connectivity index (χ0n) is 16.1. The molecule has 1 aliphatic carbocycles. The van der Waals surface area contributed by atoms with E-state index in [2.05, 4.69) is 10.3 Å². The summed E-state index contributed by atoms with van der Waals surface area (Å²) in [6.07, 6.45) is 4.22. The smallest absolute Gasteiger partial charge is 0.241 e. The highest BCUT2D eigenvalue weighted by molar-refractivity contribution is 7.93. The lowest BCUT2D eigenvalue weighted by Gasteiger charge is -2.32. The first-order valence-corrected chi connectivity index (χ1v) is 10.9. The van der Waals surface area contributed by atoms with Gasteiger partial charge in [0.15, 0.2) is 0 Å². The van der Waals surface area contributed by atoms with Crippen LogP contribution in [-0.4, -0.2) is 68.2 Å². The van der Waals surface area contributed by atoms with Gasteiger partial charge in [0.05, 0.1) is 23.7 Å². The van der Waals surface area contributed by atoms with E-state index in [-0.39, 0.29) is 29.7 Å². The van der Waals surface area contributed by atoms with Crippen LogP contribution in [-0.2, 0) is 19.6 Å². The number of anilines is 1. The number of carbonyl (C=O) groups is 2. The first-order valence-electron chi connectivity index (χ1n) is 9.40. The highest BCUT2D eigenvalue weighted by atomic mass is 32.2. The first kappa shape index (κ1) is 20.4. The van der Waals surface area contributed by atoms with Crippen LogP contribution < -0.4 is 14.4 Å². The van der Waals surface area contributed by atoms with Crippen molar-refractivity contribution >= 4 is 27.5 Å². The largest absolute Gasteiger partial charge is 0.474 e. The van der Waals surface area contributed by atoms with Crippen molar-refractivity contribution in [1.82, 2.24) is 15.2 Å². The molecule has 2 amide bonds. The van der Waals surface area contributed by atoms with E-state index in [4.69, 9.17) is 4.74 Å². The van der Waals surface area contributed by atoms with Gasteiger partial charge in [-0.1, -0.05) is 0 Å². The minimum Gasteiger partial charge on any atom is -0.474 e. The molecule has 2 heterocycles. The van der Waals surface area contributed by atoms with Crippen molar-refractivity contribution in [2.75, 3.05) is 31.0 Å². The number of carbonyl (C=O) groups excluding carboxylic acids is 2. The molecule has 0 atom stereocenters. The summed E-state index contributed by atoms with van der Waals surface area (Å²) in [6, 6.07) is 3.36. The van der Waals surface area contributed by atoms with Gasteiger partial charge in [0.1, 0.15) is 6.10 Å². The Labute approximate surface area is 165 Å². The SMILES string of the molecule is CC(=O)NCC(=O)N1CCC(Oc2ccc(N(C)S(=O)(=O)C3CC3)cn2)CC1. The van der Waals surface area contributed by atoms with Gasteiger partial charge in [-0.3, -0.25) is 13.9 Å². The van der Waals surface area contributed by atoms with Crippen molar-refractivity contribution in [3.05, 3.63) is 18.3 Å². The molecule has 28 heavy (non-hydrogen) atoms. The van der Waals surface area contributed by atoms with Crippen LogP contribution >= 0.6 is 0 Å². The number of rotatable bonds is 7. The van der Waals surface area contributed by atoms with Crippen molar-refractivity contribution in [2.24, 2.45) is 0 Å². The van der Waals surface area contributed by atoms with Gasteiger partial charge in [-0.05, 0) is 18.9 Å². The minimum atomic E-state index is -3.29. The van der Waals surface area contributed by atoms with Crippen LogP contribution in [0.4, 0.5) is 5.69 Å². The second-order valence-electron chi connectivity index (χ2n) is 7.17. The van der Waals surface area contributed by atoms with E-state index in [1.165, 1.54) is 17.4 Å². The van der Waals surface area contributed by atoms with Crippen LogP contribution in [0.5, 0.6) is 5.88 Å². The summed E-state index contributed by atoms with van der Waals surface area (Å²) in [4.78, 5) is 28.9. The molecule has 2 fully saturated rings. The molecule has 0 spiro atoms. The van der Waals surface area contributed by atoms with Crippen molar-refractivity contribution in [3.63, 3.8) is 0 Å². The molecule has 154 valence electrons. The second kappa shape index (κ2) is 8.34. The maximum absolute atomic E-state index is 12.3. The molecule has 1 saturated carbocycles. The Morgan fingerprint density at radius 2 is 1.93 bits per heavy atom. The van der Waals surface area contributed by atoms with E-state index in [0.717, 1.165) is 0 Å². The van der Waals surface area contributed by atoms with Crippen molar-refractivity contribution in [3.8, 4) is 5.88 Å². The maximum atomic E-state index is 12.3. The third kappa shape index (κ3) is 4.92.